The Bertz CT molecular complexity index is 364. The first-order valence-corrected chi connectivity index (χ1v) is 6.15. The summed E-state index contributed by atoms with van der Waals surface area (Å²) in [5, 5.41) is 24.6. The normalized spacial score (nSPS) is 14.5. The van der Waals surface area contributed by atoms with Gasteiger partial charge in [0.05, 0.1) is 19.3 Å². The lowest BCUT2D eigenvalue weighted by Crippen LogP contribution is -2.35. The number of fused-ring (bicyclic) bond motifs is 1. The van der Waals surface area contributed by atoms with Gasteiger partial charge in [-0.05, 0) is 24.0 Å². The van der Waals surface area contributed by atoms with E-state index in [0.29, 0.717) is 6.54 Å². The maximum atomic E-state index is 9.00. The van der Waals surface area contributed by atoms with E-state index in [1.54, 1.807) is 0 Å². The van der Waals surface area contributed by atoms with E-state index < -0.39 is 0 Å². The van der Waals surface area contributed by atoms with Gasteiger partial charge in [-0.3, -0.25) is 0 Å². The number of para-hydroxylation sites is 1. The molecule has 4 nitrogen and oxygen atoms in total. The molecule has 2 rings (SSSR count). The summed E-state index contributed by atoms with van der Waals surface area (Å²) in [6.07, 6.45) is 2.30. The number of hydrogen-bond donors (Lipinski definition) is 4. The van der Waals surface area contributed by atoms with E-state index in [1.165, 1.54) is 23.2 Å². The molecule has 1 aromatic carbocycles. The number of benzene rings is 1. The molecule has 0 saturated carbocycles. The molecule has 4 N–H and O–H groups in total. The van der Waals surface area contributed by atoms with Crippen molar-refractivity contribution in [3.05, 3.63) is 29.3 Å². The van der Waals surface area contributed by atoms with Crippen molar-refractivity contribution in [1.82, 2.24) is 5.32 Å². The van der Waals surface area contributed by atoms with Gasteiger partial charge in [-0.1, -0.05) is 18.2 Å². The Morgan fingerprint density at radius 1 is 1.29 bits per heavy atom. The summed E-state index contributed by atoms with van der Waals surface area (Å²) < 4.78 is 0. The van der Waals surface area contributed by atoms with Crippen LogP contribution in [0.3, 0.4) is 0 Å². The zero-order chi connectivity index (χ0) is 12.1. The summed E-state index contributed by atoms with van der Waals surface area (Å²) in [7, 11) is 0. The Morgan fingerprint density at radius 3 is 2.88 bits per heavy atom. The van der Waals surface area contributed by atoms with E-state index in [2.05, 4.69) is 28.8 Å². The molecule has 1 heterocycles. The fraction of sp³-hybridized carbons (Fsp3) is 0.538. The zero-order valence-electron chi connectivity index (χ0n) is 9.95. The fourth-order valence-electron chi connectivity index (χ4n) is 2.17. The van der Waals surface area contributed by atoms with Gasteiger partial charge in [0.1, 0.15) is 0 Å². The monoisotopic (exact) mass is 236 g/mol. The van der Waals surface area contributed by atoms with Crippen molar-refractivity contribution in [2.45, 2.75) is 25.4 Å². The summed E-state index contributed by atoms with van der Waals surface area (Å²) in [5.74, 6) is 0. The maximum Gasteiger partial charge on any atom is 0.0607 e. The minimum Gasteiger partial charge on any atom is -0.395 e. The smallest absolute Gasteiger partial charge is 0.0607 e. The van der Waals surface area contributed by atoms with Crippen LogP contribution >= 0.6 is 0 Å². The molecule has 0 amide bonds. The van der Waals surface area contributed by atoms with E-state index in [0.717, 1.165) is 13.0 Å². The van der Waals surface area contributed by atoms with Crippen LogP contribution in [0, 0.1) is 0 Å². The molecule has 0 fully saturated rings. The number of nitrogens with one attached hydrogen (secondary N) is 2. The molecule has 0 unspecified atom stereocenters. The standard InChI is InChI=1S/C13H20N2O2/c16-8-12(9-17)15-7-11-4-1-3-10-5-2-6-14-13(10)11/h1,3-4,12,14-17H,2,5-9H2. The van der Waals surface area contributed by atoms with Gasteiger partial charge in [0.2, 0.25) is 0 Å². The first-order valence-electron chi connectivity index (χ1n) is 6.15. The van der Waals surface area contributed by atoms with Crippen molar-refractivity contribution in [3.63, 3.8) is 0 Å². The summed E-state index contributed by atoms with van der Waals surface area (Å²) in [5.41, 5.74) is 3.79. The Hall–Kier alpha value is -1.10. The van der Waals surface area contributed by atoms with Crippen LogP contribution in [0.1, 0.15) is 17.5 Å². The van der Waals surface area contributed by atoms with Crippen molar-refractivity contribution in [3.8, 4) is 0 Å². The molecule has 0 radical (unpaired) electrons. The summed E-state index contributed by atoms with van der Waals surface area (Å²) >= 11 is 0. The van der Waals surface area contributed by atoms with Gasteiger partial charge in [-0.15, -0.1) is 0 Å². The Morgan fingerprint density at radius 2 is 2.12 bits per heavy atom. The number of aryl methyl sites for hydroxylation is 1. The van der Waals surface area contributed by atoms with Crippen LogP contribution in [0.15, 0.2) is 18.2 Å². The molecule has 0 spiro atoms. The highest BCUT2D eigenvalue weighted by Crippen LogP contribution is 2.25. The van der Waals surface area contributed by atoms with Crippen LogP contribution in [-0.2, 0) is 13.0 Å². The number of aliphatic hydroxyl groups excluding tert-OH is 2. The van der Waals surface area contributed by atoms with E-state index in [1.807, 2.05) is 0 Å². The quantitative estimate of drug-likeness (QED) is 0.601. The zero-order valence-corrected chi connectivity index (χ0v) is 9.95. The van der Waals surface area contributed by atoms with Crippen molar-refractivity contribution in [1.29, 1.82) is 0 Å². The van der Waals surface area contributed by atoms with Crippen molar-refractivity contribution < 1.29 is 10.2 Å². The molecule has 17 heavy (non-hydrogen) atoms. The van der Waals surface area contributed by atoms with Gasteiger partial charge in [-0.2, -0.15) is 0 Å². The Balaban J connectivity index is 2.05. The molecule has 1 aliphatic heterocycles. The molecule has 0 aromatic heterocycles. The maximum absolute atomic E-state index is 9.00. The minimum absolute atomic E-state index is 0.0427. The van der Waals surface area contributed by atoms with Gasteiger partial charge in [-0.25, -0.2) is 0 Å². The second kappa shape index (κ2) is 6.00. The van der Waals surface area contributed by atoms with Crippen LogP contribution in [0.5, 0.6) is 0 Å². The van der Waals surface area contributed by atoms with E-state index in [4.69, 9.17) is 10.2 Å². The highest BCUT2D eigenvalue weighted by atomic mass is 16.3. The van der Waals surface area contributed by atoms with Gasteiger partial charge in [0.25, 0.3) is 0 Å². The third kappa shape index (κ3) is 2.97. The van der Waals surface area contributed by atoms with Gasteiger partial charge in [0.15, 0.2) is 0 Å². The second-order valence-electron chi connectivity index (χ2n) is 4.42. The van der Waals surface area contributed by atoms with Crippen molar-refractivity contribution >= 4 is 5.69 Å². The lowest BCUT2D eigenvalue weighted by atomic mass is 9.99. The number of rotatable bonds is 5. The SMILES string of the molecule is OCC(CO)NCc1cccc2c1NCCC2. The minimum atomic E-state index is -0.241. The van der Waals surface area contributed by atoms with Crippen LogP contribution in [-0.4, -0.2) is 36.0 Å². The largest absolute Gasteiger partial charge is 0.395 e. The molecule has 0 aliphatic carbocycles. The number of anilines is 1. The molecule has 4 heteroatoms. The van der Waals surface area contributed by atoms with Gasteiger partial charge >= 0.3 is 0 Å². The third-order valence-electron chi connectivity index (χ3n) is 3.18. The second-order valence-corrected chi connectivity index (χ2v) is 4.42. The van der Waals surface area contributed by atoms with E-state index >= 15 is 0 Å². The van der Waals surface area contributed by atoms with Crippen LogP contribution < -0.4 is 10.6 Å². The average molecular weight is 236 g/mol. The molecule has 1 aromatic rings. The van der Waals surface area contributed by atoms with Crippen molar-refractivity contribution in [2.24, 2.45) is 0 Å². The van der Waals surface area contributed by atoms with Gasteiger partial charge in [0, 0.05) is 18.8 Å². The molecule has 1 aliphatic rings. The van der Waals surface area contributed by atoms with Gasteiger partial charge < -0.3 is 20.8 Å². The van der Waals surface area contributed by atoms with Crippen LogP contribution in [0.25, 0.3) is 0 Å². The molecular formula is C13H20N2O2. The molecule has 0 atom stereocenters. The summed E-state index contributed by atoms with van der Waals surface area (Å²) in [6, 6.07) is 6.06. The van der Waals surface area contributed by atoms with Crippen LogP contribution in [0.4, 0.5) is 5.69 Å². The Kier molecular flexibility index (Phi) is 4.36. The molecule has 0 bridgehead atoms. The van der Waals surface area contributed by atoms with Crippen LogP contribution in [0.2, 0.25) is 0 Å². The molecule has 94 valence electrons. The first kappa shape index (κ1) is 12.4. The summed E-state index contributed by atoms with van der Waals surface area (Å²) in [4.78, 5) is 0. The average Bonchev–Trinajstić information content (AvgIpc) is 2.40. The third-order valence-corrected chi connectivity index (χ3v) is 3.18. The fourth-order valence-corrected chi connectivity index (χ4v) is 2.17. The lowest BCUT2D eigenvalue weighted by molar-refractivity contribution is 0.170. The van der Waals surface area contributed by atoms with E-state index in [-0.39, 0.29) is 19.3 Å². The van der Waals surface area contributed by atoms with Crippen molar-refractivity contribution in [2.75, 3.05) is 25.1 Å². The first-order chi connectivity index (χ1) is 8.35. The lowest BCUT2D eigenvalue weighted by Gasteiger charge is -2.22. The molecule has 0 saturated heterocycles. The van der Waals surface area contributed by atoms with E-state index in [9.17, 15) is 0 Å². The predicted molar refractivity (Wildman–Crippen MR) is 68.1 cm³/mol. The summed E-state index contributed by atoms with van der Waals surface area (Å²) in [6.45, 7) is 1.60. The highest BCUT2D eigenvalue weighted by molar-refractivity contribution is 5.59. The number of hydrogen-bond acceptors (Lipinski definition) is 4. The molecular weight excluding hydrogens is 216 g/mol. The predicted octanol–water partition coefficient (Wildman–Crippen LogP) is 0.487. The number of aliphatic hydroxyl groups is 2. The highest BCUT2D eigenvalue weighted by Gasteiger charge is 2.13. The Labute approximate surface area is 102 Å². The topological polar surface area (TPSA) is 64.5 Å².